The van der Waals surface area contributed by atoms with E-state index >= 15 is 0 Å². The first-order valence-electron chi connectivity index (χ1n) is 8.98. The van der Waals surface area contributed by atoms with Crippen LogP contribution >= 0.6 is 0 Å². The van der Waals surface area contributed by atoms with Crippen LogP contribution in [0.4, 0.5) is 19.0 Å². The summed E-state index contributed by atoms with van der Waals surface area (Å²) >= 11 is 0. The van der Waals surface area contributed by atoms with E-state index in [4.69, 9.17) is 0 Å². The molecule has 3 aromatic rings. The Bertz CT molecular complexity index is 931. The number of aromatic amines is 1. The second kappa shape index (κ2) is 7.59. The van der Waals surface area contributed by atoms with Gasteiger partial charge in [0.2, 0.25) is 0 Å². The van der Waals surface area contributed by atoms with Gasteiger partial charge in [0.25, 0.3) is 0 Å². The van der Waals surface area contributed by atoms with Crippen molar-refractivity contribution in [2.75, 3.05) is 31.1 Å². The number of anilines is 1. The Labute approximate surface area is 160 Å². The predicted molar refractivity (Wildman–Crippen MR) is 98.1 cm³/mol. The van der Waals surface area contributed by atoms with Crippen LogP contribution in [0, 0.1) is 17.5 Å². The van der Waals surface area contributed by atoms with Crippen LogP contribution in [0.2, 0.25) is 0 Å². The summed E-state index contributed by atoms with van der Waals surface area (Å²) in [6, 6.07) is 2.12. The molecule has 1 fully saturated rings. The van der Waals surface area contributed by atoms with Crippen molar-refractivity contribution >= 4 is 5.82 Å². The second-order valence-corrected chi connectivity index (χ2v) is 6.71. The lowest BCUT2D eigenvalue weighted by atomic mass is 10.1. The van der Waals surface area contributed by atoms with Gasteiger partial charge in [0, 0.05) is 61.9 Å². The summed E-state index contributed by atoms with van der Waals surface area (Å²) in [6.07, 6.45) is 6.69. The highest BCUT2D eigenvalue weighted by molar-refractivity contribution is 5.72. The number of piperazine rings is 1. The van der Waals surface area contributed by atoms with Crippen LogP contribution < -0.4 is 4.90 Å². The van der Waals surface area contributed by atoms with E-state index in [9.17, 15) is 13.2 Å². The summed E-state index contributed by atoms with van der Waals surface area (Å²) in [4.78, 5) is 13.0. The zero-order valence-electron chi connectivity index (χ0n) is 15.2. The maximum absolute atomic E-state index is 13.7. The first kappa shape index (κ1) is 18.4. The van der Waals surface area contributed by atoms with Gasteiger partial charge >= 0.3 is 0 Å². The SMILES string of the molecule is CC(c1cn[nH]c1)N1CCN(c2nccnc2-c2cc(F)c(F)c(F)c2)CC1. The van der Waals surface area contributed by atoms with Gasteiger partial charge in [-0.3, -0.25) is 15.0 Å². The smallest absolute Gasteiger partial charge is 0.194 e. The zero-order valence-corrected chi connectivity index (χ0v) is 15.2. The molecule has 1 atom stereocenters. The van der Waals surface area contributed by atoms with E-state index in [1.165, 1.54) is 12.4 Å². The molecule has 1 saturated heterocycles. The number of hydrogen-bond acceptors (Lipinski definition) is 5. The molecule has 1 N–H and O–H groups in total. The number of rotatable bonds is 4. The predicted octanol–water partition coefficient (Wildman–Crippen LogP) is 3.17. The van der Waals surface area contributed by atoms with E-state index < -0.39 is 17.5 Å². The molecule has 1 unspecified atom stereocenters. The number of aromatic nitrogens is 4. The van der Waals surface area contributed by atoms with Crippen LogP contribution in [0.15, 0.2) is 36.9 Å². The lowest BCUT2D eigenvalue weighted by Gasteiger charge is -2.38. The molecule has 146 valence electrons. The summed E-state index contributed by atoms with van der Waals surface area (Å²) in [7, 11) is 0. The lowest BCUT2D eigenvalue weighted by molar-refractivity contribution is 0.198. The van der Waals surface area contributed by atoms with E-state index in [0.717, 1.165) is 30.8 Å². The molecule has 1 aromatic carbocycles. The third kappa shape index (κ3) is 3.45. The zero-order chi connectivity index (χ0) is 19.7. The summed E-state index contributed by atoms with van der Waals surface area (Å²) in [5.74, 6) is -3.45. The van der Waals surface area contributed by atoms with Crippen LogP contribution in [-0.2, 0) is 0 Å². The number of benzene rings is 1. The van der Waals surface area contributed by atoms with Crippen molar-refractivity contribution in [3.05, 3.63) is 59.9 Å². The highest BCUT2D eigenvalue weighted by Crippen LogP contribution is 2.30. The molecule has 0 bridgehead atoms. The highest BCUT2D eigenvalue weighted by Gasteiger charge is 2.25. The van der Waals surface area contributed by atoms with Crippen molar-refractivity contribution in [3.63, 3.8) is 0 Å². The Morgan fingerprint density at radius 1 is 1.00 bits per heavy atom. The fraction of sp³-hybridized carbons (Fsp3) is 0.316. The minimum absolute atomic E-state index is 0.161. The minimum Gasteiger partial charge on any atom is -0.352 e. The van der Waals surface area contributed by atoms with E-state index in [2.05, 4.69) is 32.0 Å². The molecule has 1 aliphatic heterocycles. The van der Waals surface area contributed by atoms with Crippen molar-refractivity contribution in [1.82, 2.24) is 25.1 Å². The van der Waals surface area contributed by atoms with E-state index in [0.29, 0.717) is 24.6 Å². The Morgan fingerprint density at radius 2 is 1.68 bits per heavy atom. The highest BCUT2D eigenvalue weighted by atomic mass is 19.2. The summed E-state index contributed by atoms with van der Waals surface area (Å²) < 4.78 is 40.7. The third-order valence-corrected chi connectivity index (χ3v) is 5.10. The molecule has 3 heterocycles. The molecule has 0 radical (unpaired) electrons. The molecule has 4 rings (SSSR count). The quantitative estimate of drug-likeness (QED) is 0.696. The van der Waals surface area contributed by atoms with Crippen molar-refractivity contribution in [2.45, 2.75) is 13.0 Å². The topological polar surface area (TPSA) is 60.9 Å². The molecule has 0 spiro atoms. The number of nitrogens with one attached hydrogen (secondary N) is 1. The molecule has 0 saturated carbocycles. The number of hydrogen-bond donors (Lipinski definition) is 1. The van der Waals surface area contributed by atoms with Crippen LogP contribution in [0.25, 0.3) is 11.3 Å². The van der Waals surface area contributed by atoms with Crippen LogP contribution in [0.5, 0.6) is 0 Å². The van der Waals surface area contributed by atoms with Gasteiger partial charge in [0.1, 0.15) is 5.69 Å². The largest absolute Gasteiger partial charge is 0.352 e. The van der Waals surface area contributed by atoms with Gasteiger partial charge in [-0.2, -0.15) is 5.10 Å². The minimum atomic E-state index is -1.49. The summed E-state index contributed by atoms with van der Waals surface area (Å²) in [5, 5.41) is 6.83. The Hall–Kier alpha value is -2.94. The molecule has 6 nitrogen and oxygen atoms in total. The molecule has 0 aliphatic carbocycles. The fourth-order valence-corrected chi connectivity index (χ4v) is 3.48. The standard InChI is InChI=1S/C19H19F3N6/c1-12(14-10-25-26-11-14)27-4-6-28(7-5-27)19-18(23-2-3-24-19)13-8-15(20)17(22)16(21)9-13/h2-3,8-12H,4-7H2,1H3,(H,25,26). The van der Waals surface area contributed by atoms with Crippen LogP contribution in [0.1, 0.15) is 18.5 Å². The Balaban J connectivity index is 1.55. The van der Waals surface area contributed by atoms with Crippen molar-refractivity contribution in [2.24, 2.45) is 0 Å². The maximum Gasteiger partial charge on any atom is 0.194 e. The average molecular weight is 388 g/mol. The van der Waals surface area contributed by atoms with E-state index in [-0.39, 0.29) is 11.6 Å². The van der Waals surface area contributed by atoms with Gasteiger partial charge in [-0.15, -0.1) is 0 Å². The van der Waals surface area contributed by atoms with Gasteiger partial charge in [-0.1, -0.05) is 0 Å². The Kier molecular flexibility index (Phi) is 4.99. The molecule has 2 aromatic heterocycles. The maximum atomic E-state index is 13.7. The number of halogens is 3. The van der Waals surface area contributed by atoms with Gasteiger partial charge < -0.3 is 4.90 Å². The number of H-pyrrole nitrogens is 1. The van der Waals surface area contributed by atoms with Gasteiger partial charge in [-0.25, -0.2) is 18.2 Å². The monoisotopic (exact) mass is 388 g/mol. The lowest BCUT2D eigenvalue weighted by Crippen LogP contribution is -2.47. The first-order chi connectivity index (χ1) is 13.5. The van der Waals surface area contributed by atoms with Crippen LogP contribution in [-0.4, -0.2) is 51.2 Å². The molecule has 9 heteroatoms. The van der Waals surface area contributed by atoms with Gasteiger partial charge in [0.05, 0.1) is 6.20 Å². The van der Waals surface area contributed by atoms with Crippen molar-refractivity contribution < 1.29 is 13.2 Å². The molecule has 0 amide bonds. The molecule has 1 aliphatic rings. The first-order valence-corrected chi connectivity index (χ1v) is 8.98. The molecule has 28 heavy (non-hydrogen) atoms. The van der Waals surface area contributed by atoms with Gasteiger partial charge in [-0.05, 0) is 19.1 Å². The molecular weight excluding hydrogens is 369 g/mol. The van der Waals surface area contributed by atoms with Gasteiger partial charge in [0.15, 0.2) is 23.3 Å². The summed E-state index contributed by atoms with van der Waals surface area (Å²) in [6.45, 7) is 5.06. The third-order valence-electron chi connectivity index (χ3n) is 5.10. The number of nitrogens with zero attached hydrogens (tertiary/aromatic N) is 5. The Morgan fingerprint density at radius 3 is 2.32 bits per heavy atom. The van der Waals surface area contributed by atoms with E-state index in [1.54, 1.807) is 0 Å². The van der Waals surface area contributed by atoms with Crippen molar-refractivity contribution in [1.29, 1.82) is 0 Å². The van der Waals surface area contributed by atoms with E-state index in [1.807, 2.05) is 17.3 Å². The average Bonchev–Trinajstić information content (AvgIpc) is 3.26. The molecular formula is C19H19F3N6. The van der Waals surface area contributed by atoms with Crippen LogP contribution in [0.3, 0.4) is 0 Å². The summed E-state index contributed by atoms with van der Waals surface area (Å²) in [5.41, 5.74) is 1.61. The van der Waals surface area contributed by atoms with Crippen molar-refractivity contribution in [3.8, 4) is 11.3 Å². The fourth-order valence-electron chi connectivity index (χ4n) is 3.48. The second-order valence-electron chi connectivity index (χ2n) is 6.71. The normalized spacial score (nSPS) is 16.4.